The smallest absolute Gasteiger partial charge is 0.328 e. The molecule has 0 spiro atoms. The first-order valence-corrected chi connectivity index (χ1v) is 17.5. The number of esters is 1. The van der Waals surface area contributed by atoms with Crippen molar-refractivity contribution in [2.75, 3.05) is 53.4 Å². The molecule has 4 rings (SSSR count). The molecule has 244 valence electrons. The van der Waals surface area contributed by atoms with Gasteiger partial charge in [-0.3, -0.25) is 14.5 Å². The molecule has 4 heterocycles. The molecule has 3 aliphatic rings. The van der Waals surface area contributed by atoms with Crippen LogP contribution in [-0.2, 0) is 29.1 Å². The van der Waals surface area contributed by atoms with Gasteiger partial charge in [-0.25, -0.2) is 18.0 Å². The summed E-state index contributed by atoms with van der Waals surface area (Å²) in [7, 11) is -0.904. The second kappa shape index (κ2) is 15.0. The number of carbonyl (C=O) groups excluding carboxylic acids is 4. The normalized spacial score (nSPS) is 23.7. The SMILES string of the molecule is COC(=O)[C@H](C)NC(=O)N(C)C1CCN(C[C@@H]2CCCN2C(=O)CN2CCC[C@H](NS(=O)(=O)/C=C/c3ccc(Cl)s3)C2=O)C1. The Labute approximate surface area is 267 Å². The van der Waals surface area contributed by atoms with Crippen molar-refractivity contribution in [2.24, 2.45) is 0 Å². The number of rotatable bonds is 11. The zero-order valence-electron chi connectivity index (χ0n) is 25.2. The van der Waals surface area contributed by atoms with Gasteiger partial charge in [-0.15, -0.1) is 11.3 Å². The van der Waals surface area contributed by atoms with Crippen LogP contribution in [0.1, 0.15) is 43.9 Å². The molecular weight excluding hydrogens is 632 g/mol. The predicted octanol–water partition coefficient (Wildman–Crippen LogP) is 1.55. The minimum absolute atomic E-state index is 0.00943. The number of likely N-dealkylation sites (tertiary alicyclic amines) is 3. The number of nitrogens with one attached hydrogen (secondary N) is 2. The standard InChI is InChI=1S/C28H41ClN6O7S2/c1-19(27(38)42-3)30-28(39)32(2)20-10-14-33(16-20)17-21-6-4-13-35(21)25(36)18-34-12-5-7-23(26(34)37)31-44(40,41)15-11-22-8-9-24(29)43-22/h8-9,11,15,19-21,23,31H,4-7,10,12-14,16-18H2,1-3H3,(H,30,39)/b15-11+/t19-,20?,21-,23-/m0/s1. The molecule has 0 saturated carbocycles. The molecule has 0 aliphatic carbocycles. The monoisotopic (exact) mass is 672 g/mol. The van der Waals surface area contributed by atoms with Gasteiger partial charge in [0.1, 0.15) is 12.1 Å². The molecule has 1 aromatic rings. The topological polar surface area (TPSA) is 149 Å². The molecule has 0 aromatic carbocycles. The molecule has 4 amide bonds. The Morgan fingerprint density at radius 1 is 1.18 bits per heavy atom. The number of piperidine rings is 1. The summed E-state index contributed by atoms with van der Waals surface area (Å²) in [5.41, 5.74) is 0. The molecule has 13 nitrogen and oxygen atoms in total. The lowest BCUT2D eigenvalue weighted by molar-refractivity contribution is -0.143. The van der Waals surface area contributed by atoms with Crippen LogP contribution in [0.4, 0.5) is 4.79 Å². The number of thiophene rings is 1. The summed E-state index contributed by atoms with van der Waals surface area (Å²) in [5, 5.41) is 3.68. The number of hydrogen-bond acceptors (Lipinski definition) is 9. The molecule has 3 fully saturated rings. The number of halogens is 1. The van der Waals surface area contributed by atoms with Gasteiger partial charge in [0.15, 0.2) is 0 Å². The molecule has 3 aliphatic heterocycles. The maximum atomic E-state index is 13.4. The molecule has 0 radical (unpaired) electrons. The molecule has 44 heavy (non-hydrogen) atoms. The summed E-state index contributed by atoms with van der Waals surface area (Å²) < 4.78 is 33.0. The molecule has 0 bridgehead atoms. The third-order valence-electron chi connectivity index (χ3n) is 8.35. The van der Waals surface area contributed by atoms with Crippen LogP contribution in [0.5, 0.6) is 0 Å². The van der Waals surface area contributed by atoms with Crippen LogP contribution >= 0.6 is 22.9 Å². The number of urea groups is 1. The van der Waals surface area contributed by atoms with Crippen molar-refractivity contribution in [3.63, 3.8) is 0 Å². The highest BCUT2D eigenvalue weighted by Gasteiger charge is 2.37. The van der Waals surface area contributed by atoms with E-state index in [1.165, 1.54) is 29.4 Å². The number of sulfonamides is 1. The highest BCUT2D eigenvalue weighted by atomic mass is 35.5. The van der Waals surface area contributed by atoms with E-state index in [4.69, 9.17) is 11.6 Å². The summed E-state index contributed by atoms with van der Waals surface area (Å²) in [4.78, 5) is 58.7. The third-order valence-corrected chi connectivity index (χ3v) is 10.6. The minimum Gasteiger partial charge on any atom is -0.467 e. The van der Waals surface area contributed by atoms with E-state index in [1.807, 2.05) is 4.90 Å². The molecule has 4 atom stereocenters. The largest absolute Gasteiger partial charge is 0.467 e. The number of nitrogens with zero attached hydrogens (tertiary/aromatic N) is 4. The highest BCUT2D eigenvalue weighted by molar-refractivity contribution is 7.92. The summed E-state index contributed by atoms with van der Waals surface area (Å²) in [6.07, 6.45) is 4.85. The predicted molar refractivity (Wildman–Crippen MR) is 167 cm³/mol. The lowest BCUT2D eigenvalue weighted by atomic mass is 10.1. The van der Waals surface area contributed by atoms with Crippen LogP contribution in [-0.4, -0.2) is 129 Å². The fourth-order valence-electron chi connectivity index (χ4n) is 5.91. The third kappa shape index (κ3) is 8.93. The van der Waals surface area contributed by atoms with Crippen LogP contribution in [0.25, 0.3) is 6.08 Å². The molecule has 1 aromatic heterocycles. The van der Waals surface area contributed by atoms with Crippen LogP contribution in [0.15, 0.2) is 17.5 Å². The van der Waals surface area contributed by atoms with E-state index < -0.39 is 34.0 Å². The van der Waals surface area contributed by atoms with Gasteiger partial charge in [0, 0.05) is 62.1 Å². The van der Waals surface area contributed by atoms with Crippen molar-refractivity contribution < 1.29 is 32.3 Å². The van der Waals surface area contributed by atoms with E-state index in [-0.39, 0.29) is 30.6 Å². The van der Waals surface area contributed by atoms with E-state index in [1.54, 1.807) is 31.0 Å². The number of ether oxygens (including phenoxy) is 1. The Morgan fingerprint density at radius 3 is 2.64 bits per heavy atom. The lowest BCUT2D eigenvalue weighted by Crippen LogP contribution is -2.55. The Bertz CT molecular complexity index is 1360. The quantitative estimate of drug-likeness (QED) is 0.337. The van der Waals surface area contributed by atoms with Crippen molar-refractivity contribution in [1.29, 1.82) is 0 Å². The van der Waals surface area contributed by atoms with Crippen LogP contribution in [0.3, 0.4) is 0 Å². The number of amides is 4. The van der Waals surface area contributed by atoms with Gasteiger partial charge in [0.25, 0.3) is 0 Å². The molecule has 1 unspecified atom stereocenters. The van der Waals surface area contributed by atoms with Crippen molar-refractivity contribution in [3.8, 4) is 0 Å². The molecule has 16 heteroatoms. The zero-order chi connectivity index (χ0) is 32.0. The summed E-state index contributed by atoms with van der Waals surface area (Å²) in [5.74, 6) is -1.06. The maximum absolute atomic E-state index is 13.4. The van der Waals surface area contributed by atoms with Crippen molar-refractivity contribution in [3.05, 3.63) is 26.8 Å². The van der Waals surface area contributed by atoms with Crippen molar-refractivity contribution in [2.45, 2.75) is 63.2 Å². The van der Waals surface area contributed by atoms with E-state index in [0.29, 0.717) is 48.2 Å². The second-order valence-corrected chi connectivity index (χ2v) is 14.8. The number of likely N-dealkylation sites (N-methyl/N-ethyl adjacent to an activating group) is 1. The van der Waals surface area contributed by atoms with Gasteiger partial charge in [-0.1, -0.05) is 11.6 Å². The molecule has 3 saturated heterocycles. The van der Waals surface area contributed by atoms with Gasteiger partial charge in [-0.2, -0.15) is 4.72 Å². The summed E-state index contributed by atoms with van der Waals surface area (Å²) in [6.45, 7) is 4.55. The van der Waals surface area contributed by atoms with Crippen LogP contribution in [0.2, 0.25) is 4.34 Å². The van der Waals surface area contributed by atoms with Gasteiger partial charge < -0.3 is 24.8 Å². The van der Waals surface area contributed by atoms with Gasteiger partial charge in [0.05, 0.1) is 18.0 Å². The first-order chi connectivity index (χ1) is 20.9. The summed E-state index contributed by atoms with van der Waals surface area (Å²) in [6, 6.07) is 1.32. The van der Waals surface area contributed by atoms with Gasteiger partial charge >= 0.3 is 12.0 Å². The van der Waals surface area contributed by atoms with Crippen LogP contribution in [0, 0.1) is 0 Å². The van der Waals surface area contributed by atoms with Gasteiger partial charge in [-0.05, 0) is 57.2 Å². The Kier molecular flexibility index (Phi) is 11.7. The lowest BCUT2D eigenvalue weighted by Gasteiger charge is -2.34. The fourth-order valence-corrected chi connectivity index (χ4v) is 7.98. The Hall–Kier alpha value is -2.72. The van der Waals surface area contributed by atoms with E-state index >= 15 is 0 Å². The Morgan fingerprint density at radius 2 is 1.93 bits per heavy atom. The number of carbonyl (C=O) groups is 4. The highest BCUT2D eigenvalue weighted by Crippen LogP contribution is 2.24. The number of methoxy groups -OCH3 is 1. The zero-order valence-corrected chi connectivity index (χ0v) is 27.6. The maximum Gasteiger partial charge on any atom is 0.328 e. The first kappa shape index (κ1) is 34.2. The average Bonchev–Trinajstić information content (AvgIpc) is 3.75. The minimum atomic E-state index is -3.88. The first-order valence-electron chi connectivity index (χ1n) is 14.7. The van der Waals surface area contributed by atoms with Crippen molar-refractivity contribution >= 4 is 62.9 Å². The summed E-state index contributed by atoms with van der Waals surface area (Å²) >= 11 is 7.15. The van der Waals surface area contributed by atoms with Crippen LogP contribution < -0.4 is 10.0 Å². The van der Waals surface area contributed by atoms with Gasteiger partial charge in [0.2, 0.25) is 21.8 Å². The molecular formula is C28H41ClN6O7S2. The fraction of sp³-hybridized carbons (Fsp3) is 0.643. The number of hydrogen-bond donors (Lipinski definition) is 2. The van der Waals surface area contributed by atoms with E-state index in [0.717, 1.165) is 31.2 Å². The average molecular weight is 673 g/mol. The molecule has 2 N–H and O–H groups in total. The van der Waals surface area contributed by atoms with E-state index in [2.05, 4.69) is 19.7 Å². The van der Waals surface area contributed by atoms with E-state index in [9.17, 15) is 27.6 Å². The second-order valence-electron chi connectivity index (χ2n) is 11.5. The van der Waals surface area contributed by atoms with Crippen molar-refractivity contribution in [1.82, 2.24) is 29.6 Å². The Balaban J connectivity index is 1.27.